The number of benzene rings is 3. The zero-order valence-electron chi connectivity index (χ0n) is 18.7. The maximum absolute atomic E-state index is 13.4. The van der Waals surface area contributed by atoms with Gasteiger partial charge in [0, 0.05) is 34.0 Å². The highest BCUT2D eigenvalue weighted by atomic mass is 32.2. The van der Waals surface area contributed by atoms with Crippen LogP contribution in [-0.4, -0.2) is 31.2 Å². The average molecular weight is 468 g/mol. The molecule has 0 radical (unpaired) electrons. The van der Waals surface area contributed by atoms with Crippen molar-refractivity contribution in [3.05, 3.63) is 72.5 Å². The maximum Gasteiger partial charge on any atom is 0.248 e. The number of nitrogens with zero attached hydrogens (tertiary/aromatic N) is 2. The van der Waals surface area contributed by atoms with Crippen molar-refractivity contribution < 1.29 is 17.6 Å². The molecule has 6 nitrogen and oxygen atoms in total. The number of fused-ring (bicyclic) bond motifs is 3. The summed E-state index contributed by atoms with van der Waals surface area (Å²) in [6.07, 6.45) is 1.28. The quantitative estimate of drug-likeness (QED) is 0.409. The minimum atomic E-state index is -3.80. The zero-order chi connectivity index (χ0) is 23.8. The highest BCUT2D eigenvalue weighted by molar-refractivity contribution is 7.92. The normalized spacial score (nSPS) is 12.7. The molecule has 0 aliphatic carbocycles. The topological polar surface area (TPSA) is 71.4 Å². The van der Waals surface area contributed by atoms with Crippen LogP contribution >= 0.6 is 0 Å². The Hall–Kier alpha value is -3.39. The summed E-state index contributed by atoms with van der Waals surface area (Å²) >= 11 is 0. The molecule has 4 rings (SSSR count). The van der Waals surface area contributed by atoms with Crippen LogP contribution in [0.4, 0.5) is 15.8 Å². The summed E-state index contributed by atoms with van der Waals surface area (Å²) < 4.78 is 41.8. The number of carbonyl (C=O) groups is 1. The van der Waals surface area contributed by atoms with Crippen molar-refractivity contribution in [2.24, 2.45) is 0 Å². The molecule has 0 saturated heterocycles. The van der Waals surface area contributed by atoms with Crippen LogP contribution in [0.5, 0.6) is 0 Å². The number of aromatic nitrogens is 1. The molecule has 1 atom stereocenters. The number of rotatable bonds is 7. The lowest BCUT2D eigenvalue weighted by Gasteiger charge is -2.30. The van der Waals surface area contributed by atoms with Crippen LogP contribution in [0.25, 0.3) is 21.8 Å². The van der Waals surface area contributed by atoms with Crippen molar-refractivity contribution in [3.8, 4) is 0 Å². The second-order valence-electron chi connectivity index (χ2n) is 7.94. The van der Waals surface area contributed by atoms with Gasteiger partial charge < -0.3 is 9.88 Å². The maximum atomic E-state index is 13.4. The molecule has 8 heteroatoms. The number of amides is 1. The molecule has 1 heterocycles. The van der Waals surface area contributed by atoms with Gasteiger partial charge in [0.2, 0.25) is 15.9 Å². The van der Waals surface area contributed by atoms with Crippen LogP contribution in [0.3, 0.4) is 0 Å². The third-order valence-corrected chi connectivity index (χ3v) is 6.95. The summed E-state index contributed by atoms with van der Waals surface area (Å²) in [4.78, 5) is 13.2. The number of hydrogen-bond acceptors (Lipinski definition) is 3. The Labute approximate surface area is 192 Å². The van der Waals surface area contributed by atoms with Gasteiger partial charge in [-0.15, -0.1) is 0 Å². The van der Waals surface area contributed by atoms with Crippen molar-refractivity contribution in [3.63, 3.8) is 0 Å². The lowest BCUT2D eigenvalue weighted by molar-refractivity contribution is -0.117. The van der Waals surface area contributed by atoms with Crippen LogP contribution in [0.1, 0.15) is 20.3 Å². The number of hydrogen-bond donors (Lipinski definition) is 1. The molecule has 1 N–H and O–H groups in total. The van der Waals surface area contributed by atoms with E-state index in [9.17, 15) is 17.6 Å². The number of sulfonamides is 1. The Kier molecular flexibility index (Phi) is 6.12. The van der Waals surface area contributed by atoms with Crippen molar-refractivity contribution in [2.45, 2.75) is 32.9 Å². The predicted octanol–water partition coefficient (Wildman–Crippen LogP) is 5.14. The molecule has 172 valence electrons. The fraction of sp³-hybridized carbons (Fsp3) is 0.240. The minimum absolute atomic E-state index is 0.238. The number of halogens is 1. The molecule has 4 aromatic rings. The van der Waals surface area contributed by atoms with E-state index in [2.05, 4.69) is 22.9 Å². The molecule has 0 saturated carbocycles. The van der Waals surface area contributed by atoms with Gasteiger partial charge in [-0.05, 0) is 61.9 Å². The summed E-state index contributed by atoms with van der Waals surface area (Å²) in [6, 6.07) is 17.9. The van der Waals surface area contributed by atoms with Crippen LogP contribution in [-0.2, 0) is 21.4 Å². The van der Waals surface area contributed by atoms with Gasteiger partial charge in [-0.2, -0.15) is 0 Å². The van der Waals surface area contributed by atoms with Crippen LogP contribution in [0, 0.1) is 5.82 Å². The summed E-state index contributed by atoms with van der Waals surface area (Å²) in [5, 5.41) is 4.98. The third-order valence-electron chi connectivity index (χ3n) is 5.77. The van der Waals surface area contributed by atoms with E-state index in [-0.39, 0.29) is 12.1 Å². The standard InChI is InChI=1S/C25H26FN3O3S/c1-4-22(29(33(3,31)32)19-13-10-17(26)11-14-19)25(30)27-18-12-15-24-21(16-18)20-8-6-7-9-23(20)28(24)5-2/h6-16,22H,4-5H2,1-3H3,(H,27,30)/t22-/m0/s1. The third kappa shape index (κ3) is 4.30. The molecular weight excluding hydrogens is 441 g/mol. The van der Waals surface area contributed by atoms with E-state index in [0.717, 1.165) is 38.9 Å². The van der Waals surface area contributed by atoms with Crippen LogP contribution in [0.2, 0.25) is 0 Å². The smallest absolute Gasteiger partial charge is 0.248 e. The second-order valence-corrected chi connectivity index (χ2v) is 9.80. The first-order chi connectivity index (χ1) is 15.7. The van der Waals surface area contributed by atoms with Crippen LogP contribution in [0.15, 0.2) is 66.7 Å². The number of aryl methyl sites for hydroxylation is 1. The van der Waals surface area contributed by atoms with Crippen molar-refractivity contribution >= 4 is 49.1 Å². The summed E-state index contributed by atoms with van der Waals surface area (Å²) in [6.45, 7) is 4.64. The summed E-state index contributed by atoms with van der Waals surface area (Å²) in [5.74, 6) is -0.935. The van der Waals surface area contributed by atoms with Gasteiger partial charge in [0.1, 0.15) is 11.9 Å². The number of para-hydroxylation sites is 1. The van der Waals surface area contributed by atoms with E-state index in [0.29, 0.717) is 5.69 Å². The highest BCUT2D eigenvalue weighted by Crippen LogP contribution is 2.31. The van der Waals surface area contributed by atoms with Gasteiger partial charge in [-0.25, -0.2) is 12.8 Å². The molecule has 0 aliphatic rings. The van der Waals surface area contributed by atoms with Crippen molar-refractivity contribution in [1.82, 2.24) is 4.57 Å². The summed E-state index contributed by atoms with van der Waals surface area (Å²) in [5.41, 5.74) is 3.00. The van der Waals surface area contributed by atoms with Gasteiger partial charge >= 0.3 is 0 Å². The first kappa shape index (κ1) is 22.8. The Bertz CT molecular complexity index is 1430. The van der Waals surface area contributed by atoms with E-state index in [1.165, 1.54) is 24.3 Å². The van der Waals surface area contributed by atoms with Gasteiger partial charge in [0.25, 0.3) is 0 Å². The molecular formula is C25H26FN3O3S. The molecule has 0 aliphatic heterocycles. The Balaban J connectivity index is 1.71. The molecule has 3 aromatic carbocycles. The fourth-order valence-electron chi connectivity index (χ4n) is 4.35. The molecule has 0 spiro atoms. The molecule has 0 unspecified atom stereocenters. The molecule has 0 bridgehead atoms. The fourth-order valence-corrected chi connectivity index (χ4v) is 5.56. The lowest BCUT2D eigenvalue weighted by Crippen LogP contribution is -2.47. The minimum Gasteiger partial charge on any atom is -0.341 e. The van der Waals surface area contributed by atoms with Crippen molar-refractivity contribution in [1.29, 1.82) is 0 Å². The molecule has 1 amide bonds. The van der Waals surface area contributed by atoms with Crippen LogP contribution < -0.4 is 9.62 Å². The zero-order valence-corrected chi connectivity index (χ0v) is 19.6. The molecule has 0 fully saturated rings. The van der Waals surface area contributed by atoms with E-state index in [1.54, 1.807) is 6.92 Å². The predicted molar refractivity (Wildman–Crippen MR) is 132 cm³/mol. The second kappa shape index (κ2) is 8.86. The molecule has 1 aromatic heterocycles. The average Bonchev–Trinajstić information content (AvgIpc) is 3.10. The van der Waals surface area contributed by atoms with E-state index < -0.39 is 27.8 Å². The monoisotopic (exact) mass is 467 g/mol. The first-order valence-electron chi connectivity index (χ1n) is 10.8. The lowest BCUT2D eigenvalue weighted by atomic mass is 10.1. The highest BCUT2D eigenvalue weighted by Gasteiger charge is 2.31. The number of carbonyl (C=O) groups excluding carboxylic acids is 1. The Morgan fingerprint density at radius 3 is 2.30 bits per heavy atom. The van der Waals surface area contributed by atoms with Gasteiger partial charge in [-0.1, -0.05) is 25.1 Å². The SMILES string of the molecule is CC[C@@H](C(=O)Nc1ccc2c(c1)c1ccccc1n2CC)N(c1ccc(F)cc1)S(C)(=O)=O. The van der Waals surface area contributed by atoms with E-state index in [4.69, 9.17) is 0 Å². The van der Waals surface area contributed by atoms with Crippen molar-refractivity contribution in [2.75, 3.05) is 15.9 Å². The number of anilines is 2. The largest absolute Gasteiger partial charge is 0.341 e. The van der Waals surface area contributed by atoms with E-state index >= 15 is 0 Å². The Morgan fingerprint density at radius 1 is 1.00 bits per heavy atom. The van der Waals surface area contributed by atoms with Gasteiger partial charge in [0.15, 0.2) is 0 Å². The Morgan fingerprint density at radius 2 is 1.67 bits per heavy atom. The molecule has 33 heavy (non-hydrogen) atoms. The van der Waals surface area contributed by atoms with Gasteiger partial charge in [0.05, 0.1) is 11.9 Å². The first-order valence-corrected chi connectivity index (χ1v) is 12.7. The number of nitrogens with one attached hydrogen (secondary N) is 1. The summed E-state index contributed by atoms with van der Waals surface area (Å²) in [7, 11) is -3.80. The van der Waals surface area contributed by atoms with E-state index in [1.807, 2.05) is 36.4 Å². The van der Waals surface area contributed by atoms with Gasteiger partial charge in [-0.3, -0.25) is 9.10 Å².